The Kier molecular flexibility index (Phi) is 4.88. The zero-order valence-corrected chi connectivity index (χ0v) is 13.8. The van der Waals surface area contributed by atoms with Crippen molar-refractivity contribution in [3.63, 3.8) is 0 Å². The topological polar surface area (TPSA) is 52.9 Å². The largest absolute Gasteiger partial charge is 0.433 e. The van der Waals surface area contributed by atoms with Crippen LogP contribution in [-0.4, -0.2) is 28.6 Å². The van der Waals surface area contributed by atoms with E-state index in [9.17, 15) is 18.0 Å². The highest BCUT2D eigenvalue weighted by molar-refractivity contribution is 9.12. The van der Waals surface area contributed by atoms with Crippen molar-refractivity contribution in [2.75, 3.05) is 0 Å². The van der Waals surface area contributed by atoms with Gasteiger partial charge in [0, 0.05) is 10.1 Å². The molecule has 0 bridgehead atoms. The fourth-order valence-corrected chi connectivity index (χ4v) is 2.87. The van der Waals surface area contributed by atoms with E-state index in [1.54, 1.807) is 6.08 Å². The van der Waals surface area contributed by atoms with Gasteiger partial charge in [-0.05, 0) is 46.3 Å². The van der Waals surface area contributed by atoms with E-state index in [1.807, 2.05) is 0 Å². The van der Waals surface area contributed by atoms with Crippen molar-refractivity contribution in [2.24, 2.45) is 4.99 Å². The average molecular weight is 440 g/mol. The SMILES string of the molecule is O=C1C(Br)=CC(Br)=CC1=CC=C1C=C(C(F)(F)F)N(O)C=N1. The fourth-order valence-electron chi connectivity index (χ4n) is 1.61. The van der Waals surface area contributed by atoms with Gasteiger partial charge in [0.05, 0.1) is 10.2 Å². The van der Waals surface area contributed by atoms with Crippen LogP contribution in [-0.2, 0) is 4.79 Å². The lowest BCUT2D eigenvalue weighted by Crippen LogP contribution is -2.30. The average Bonchev–Trinajstić information content (AvgIpc) is 2.41. The Morgan fingerprint density at radius 1 is 1.18 bits per heavy atom. The first-order valence-electron chi connectivity index (χ1n) is 5.71. The van der Waals surface area contributed by atoms with Gasteiger partial charge in [-0.3, -0.25) is 10.0 Å². The quantitative estimate of drug-likeness (QED) is 0.625. The number of hydroxylamine groups is 2. The highest BCUT2D eigenvalue weighted by atomic mass is 79.9. The van der Waals surface area contributed by atoms with Crippen molar-refractivity contribution in [1.82, 2.24) is 5.06 Å². The Labute approximate surface area is 139 Å². The lowest BCUT2D eigenvalue weighted by Gasteiger charge is -2.20. The van der Waals surface area contributed by atoms with Crippen LogP contribution in [0.15, 0.2) is 61.3 Å². The molecule has 4 nitrogen and oxygen atoms in total. The molecule has 0 amide bonds. The molecular formula is C13H7Br2F3N2O2. The van der Waals surface area contributed by atoms with Gasteiger partial charge in [0.15, 0.2) is 11.5 Å². The summed E-state index contributed by atoms with van der Waals surface area (Å²) in [6.45, 7) is 0. The van der Waals surface area contributed by atoms with Crippen LogP contribution in [0.1, 0.15) is 0 Å². The van der Waals surface area contributed by atoms with Crippen LogP contribution < -0.4 is 0 Å². The number of allylic oxidation sites excluding steroid dienone is 9. The number of nitrogens with zero attached hydrogens (tertiary/aromatic N) is 2. The van der Waals surface area contributed by atoms with Gasteiger partial charge in [0.1, 0.15) is 6.34 Å². The van der Waals surface area contributed by atoms with Gasteiger partial charge in [-0.2, -0.15) is 13.2 Å². The van der Waals surface area contributed by atoms with Gasteiger partial charge in [0.25, 0.3) is 0 Å². The van der Waals surface area contributed by atoms with E-state index in [4.69, 9.17) is 5.21 Å². The molecule has 1 aliphatic carbocycles. The highest BCUT2D eigenvalue weighted by Crippen LogP contribution is 2.30. The second-order valence-corrected chi connectivity index (χ2v) is 5.95. The Morgan fingerprint density at radius 2 is 1.86 bits per heavy atom. The van der Waals surface area contributed by atoms with Crippen LogP contribution in [0.2, 0.25) is 0 Å². The number of Topliss-reactive ketones (excluding diaryl/α,β-unsaturated/α-hetero) is 1. The number of hydrogen-bond acceptors (Lipinski definition) is 4. The molecule has 0 radical (unpaired) electrons. The molecule has 0 aromatic heterocycles. The first kappa shape index (κ1) is 16.9. The zero-order chi connectivity index (χ0) is 16.5. The van der Waals surface area contributed by atoms with Gasteiger partial charge in [-0.25, -0.2) is 10.1 Å². The molecule has 0 unspecified atom stereocenters. The molecule has 0 spiro atoms. The van der Waals surface area contributed by atoms with Crippen molar-refractivity contribution in [3.05, 3.63) is 56.3 Å². The molecule has 0 atom stereocenters. The first-order chi connectivity index (χ1) is 10.2. The predicted molar refractivity (Wildman–Crippen MR) is 81.4 cm³/mol. The zero-order valence-electron chi connectivity index (χ0n) is 10.6. The van der Waals surface area contributed by atoms with E-state index in [2.05, 4.69) is 36.9 Å². The van der Waals surface area contributed by atoms with E-state index in [0.717, 1.165) is 0 Å². The predicted octanol–water partition coefficient (Wildman–Crippen LogP) is 4.12. The fraction of sp³-hybridized carbons (Fsp3) is 0.0769. The van der Waals surface area contributed by atoms with E-state index in [-0.39, 0.29) is 22.1 Å². The molecule has 0 aromatic carbocycles. The third-order valence-electron chi connectivity index (χ3n) is 2.61. The molecule has 116 valence electrons. The number of rotatable bonds is 1. The maximum atomic E-state index is 12.7. The minimum absolute atomic E-state index is 0.0480. The molecule has 0 saturated heterocycles. The molecule has 1 aliphatic heterocycles. The molecule has 1 heterocycles. The monoisotopic (exact) mass is 438 g/mol. The van der Waals surface area contributed by atoms with Crippen molar-refractivity contribution >= 4 is 44.0 Å². The maximum Gasteiger partial charge on any atom is 0.433 e. The molecule has 22 heavy (non-hydrogen) atoms. The standard InChI is InChI=1S/C13H7Br2F3N2O2/c14-8-3-7(12(21)10(15)4-8)1-2-9-5-11(13(16,17)18)20(22)6-19-9/h1-6,22H. The molecular weight excluding hydrogens is 433 g/mol. The molecule has 1 N–H and O–H groups in total. The van der Waals surface area contributed by atoms with Crippen LogP contribution >= 0.6 is 31.9 Å². The second kappa shape index (κ2) is 6.35. The molecule has 0 saturated carbocycles. The number of ketones is 1. The lowest BCUT2D eigenvalue weighted by atomic mass is 10.1. The Hall–Kier alpha value is -1.45. The van der Waals surface area contributed by atoms with E-state index < -0.39 is 11.9 Å². The summed E-state index contributed by atoms with van der Waals surface area (Å²) >= 11 is 6.31. The van der Waals surface area contributed by atoms with Crippen molar-refractivity contribution < 1.29 is 23.2 Å². The second-order valence-electron chi connectivity index (χ2n) is 4.18. The van der Waals surface area contributed by atoms with Crippen molar-refractivity contribution in [1.29, 1.82) is 0 Å². The lowest BCUT2D eigenvalue weighted by molar-refractivity contribution is -0.138. The number of hydrogen-bond donors (Lipinski definition) is 1. The van der Waals surface area contributed by atoms with Crippen LogP contribution in [0.3, 0.4) is 0 Å². The van der Waals surface area contributed by atoms with Gasteiger partial charge < -0.3 is 0 Å². The van der Waals surface area contributed by atoms with Crippen LogP contribution in [0.25, 0.3) is 0 Å². The number of carbonyl (C=O) groups is 1. The maximum absolute atomic E-state index is 12.7. The summed E-state index contributed by atoms with van der Waals surface area (Å²) in [6.07, 6.45) is 2.29. The summed E-state index contributed by atoms with van der Waals surface area (Å²) < 4.78 is 39.0. The van der Waals surface area contributed by atoms with E-state index in [1.165, 1.54) is 18.2 Å². The summed E-state index contributed by atoms with van der Waals surface area (Å²) in [7, 11) is 0. The van der Waals surface area contributed by atoms with E-state index >= 15 is 0 Å². The van der Waals surface area contributed by atoms with Crippen LogP contribution in [0.5, 0.6) is 0 Å². The normalized spacial score (nSPS) is 22.9. The molecule has 0 aromatic rings. The Bertz CT molecular complexity index is 701. The summed E-state index contributed by atoms with van der Waals surface area (Å²) in [6, 6.07) is 0. The first-order valence-corrected chi connectivity index (χ1v) is 7.29. The van der Waals surface area contributed by atoms with Gasteiger partial charge >= 0.3 is 6.18 Å². The summed E-state index contributed by atoms with van der Waals surface area (Å²) in [5.74, 6) is -0.302. The summed E-state index contributed by atoms with van der Waals surface area (Å²) in [5.41, 5.74) is -1.04. The minimum atomic E-state index is -4.72. The van der Waals surface area contributed by atoms with Crippen LogP contribution in [0.4, 0.5) is 13.2 Å². The van der Waals surface area contributed by atoms with Crippen LogP contribution in [0, 0.1) is 0 Å². The summed E-state index contributed by atoms with van der Waals surface area (Å²) in [4.78, 5) is 15.5. The number of alkyl halides is 3. The Morgan fingerprint density at radius 3 is 2.50 bits per heavy atom. The highest BCUT2D eigenvalue weighted by Gasteiger charge is 2.38. The molecule has 2 rings (SSSR count). The third kappa shape index (κ3) is 3.84. The van der Waals surface area contributed by atoms with Crippen molar-refractivity contribution in [2.45, 2.75) is 6.18 Å². The van der Waals surface area contributed by atoms with E-state index in [0.29, 0.717) is 21.4 Å². The third-order valence-corrected chi connectivity index (χ3v) is 3.66. The Balaban J connectivity index is 2.33. The molecule has 0 fully saturated rings. The van der Waals surface area contributed by atoms with Gasteiger partial charge in [-0.15, -0.1) is 0 Å². The smallest absolute Gasteiger partial charge is 0.288 e. The summed E-state index contributed by atoms with van der Waals surface area (Å²) in [5, 5.41) is 9.02. The van der Waals surface area contributed by atoms with Gasteiger partial charge in [0.2, 0.25) is 0 Å². The minimum Gasteiger partial charge on any atom is -0.288 e. The van der Waals surface area contributed by atoms with Crippen molar-refractivity contribution in [3.8, 4) is 0 Å². The molecule has 9 heteroatoms. The molecule has 2 aliphatic rings. The number of halogens is 5. The van der Waals surface area contributed by atoms with Gasteiger partial charge in [-0.1, -0.05) is 15.9 Å². The number of carbonyl (C=O) groups excluding carboxylic acids is 1. The number of aliphatic imine (C=N–C) groups is 1.